The van der Waals surface area contributed by atoms with E-state index in [0.29, 0.717) is 24.7 Å². The van der Waals surface area contributed by atoms with Gasteiger partial charge < -0.3 is 24.9 Å². The zero-order valence-corrected chi connectivity index (χ0v) is 17.1. The number of benzene rings is 1. The fraction of sp³-hybridized carbons (Fsp3) is 0.286. The Morgan fingerprint density at radius 1 is 1.23 bits per heavy atom. The van der Waals surface area contributed by atoms with Gasteiger partial charge in [0.1, 0.15) is 35.5 Å². The molecule has 1 aliphatic rings. The molecule has 1 aliphatic heterocycles. The number of nitrogens with two attached hydrogens (primary N) is 1. The van der Waals surface area contributed by atoms with Crippen molar-refractivity contribution in [3.05, 3.63) is 48.9 Å². The Hall–Kier alpha value is -3.04. The zero-order valence-electron chi connectivity index (χ0n) is 16.3. The lowest BCUT2D eigenvalue weighted by molar-refractivity contribution is 0.146. The number of hydrogen-bond acceptors (Lipinski definition) is 8. The predicted molar refractivity (Wildman–Crippen MR) is 117 cm³/mol. The largest absolute Gasteiger partial charge is 0.492 e. The molecule has 4 heterocycles. The number of nitrogens with zero attached hydrogens (tertiary/aromatic N) is 4. The molecule has 1 fully saturated rings. The van der Waals surface area contributed by atoms with Gasteiger partial charge in [0.05, 0.1) is 24.1 Å². The van der Waals surface area contributed by atoms with E-state index in [-0.39, 0.29) is 10.6 Å². The van der Waals surface area contributed by atoms with E-state index in [1.165, 1.54) is 6.33 Å². The van der Waals surface area contributed by atoms with E-state index in [9.17, 15) is 5.11 Å². The molecular formula is C21H21N5O3S. The number of anilines is 1. The molecule has 8 nitrogen and oxygen atoms in total. The summed E-state index contributed by atoms with van der Waals surface area (Å²) in [6.07, 6.45) is 3.53. The van der Waals surface area contributed by atoms with Crippen LogP contribution in [0.2, 0.25) is 0 Å². The number of aliphatic hydroxyl groups is 1. The minimum absolute atomic E-state index is 0.145. The van der Waals surface area contributed by atoms with Crippen LogP contribution >= 0.6 is 11.8 Å². The standard InChI is InChI=1S/C21H21N5O3S/c1-28-20-15-6-7-26(19(15)23-11-24-20)21-17(27)9-14(30-21)10-29-13-4-2-12-3-5-18(22)25-16(12)8-13/h2-8,11,14,17,21,27H,9-10H2,1H3,(H2,22,25)/t14-,17+,21+/m0/s1. The van der Waals surface area contributed by atoms with Crippen molar-refractivity contribution in [3.63, 3.8) is 0 Å². The van der Waals surface area contributed by atoms with Gasteiger partial charge >= 0.3 is 0 Å². The number of thioether (sulfide) groups is 1. The average Bonchev–Trinajstić information content (AvgIpc) is 3.34. The fourth-order valence-corrected chi connectivity index (χ4v) is 5.24. The van der Waals surface area contributed by atoms with E-state index in [1.54, 1.807) is 24.9 Å². The number of fused-ring (bicyclic) bond motifs is 2. The predicted octanol–water partition coefficient (Wildman–Crippen LogP) is 3.01. The minimum Gasteiger partial charge on any atom is -0.492 e. The minimum atomic E-state index is -0.502. The zero-order chi connectivity index (χ0) is 20.7. The number of ether oxygens (including phenoxy) is 2. The summed E-state index contributed by atoms with van der Waals surface area (Å²) in [5, 5.41) is 12.5. The van der Waals surface area contributed by atoms with Crippen LogP contribution in [-0.4, -0.2) is 49.7 Å². The van der Waals surface area contributed by atoms with Gasteiger partial charge in [-0.25, -0.2) is 15.0 Å². The van der Waals surface area contributed by atoms with Crippen LogP contribution in [0.15, 0.2) is 48.9 Å². The van der Waals surface area contributed by atoms with Crippen molar-refractivity contribution in [2.75, 3.05) is 19.5 Å². The third-order valence-electron chi connectivity index (χ3n) is 5.23. The van der Waals surface area contributed by atoms with Crippen LogP contribution in [0.25, 0.3) is 21.9 Å². The molecule has 3 N–H and O–H groups in total. The first kappa shape index (κ1) is 19.0. The second kappa shape index (κ2) is 7.66. The van der Waals surface area contributed by atoms with Crippen molar-refractivity contribution in [3.8, 4) is 11.6 Å². The molecule has 0 saturated carbocycles. The van der Waals surface area contributed by atoms with Crippen molar-refractivity contribution < 1.29 is 14.6 Å². The van der Waals surface area contributed by atoms with Crippen LogP contribution in [-0.2, 0) is 0 Å². The molecule has 4 aromatic rings. The third-order valence-corrected chi connectivity index (χ3v) is 6.76. The number of nitrogen functional groups attached to an aromatic ring is 1. The summed E-state index contributed by atoms with van der Waals surface area (Å²) in [6.45, 7) is 0.490. The first-order valence-corrected chi connectivity index (χ1v) is 10.5. The van der Waals surface area contributed by atoms with Crippen molar-refractivity contribution >= 4 is 39.5 Å². The molecule has 1 saturated heterocycles. The van der Waals surface area contributed by atoms with Gasteiger partial charge in [0.15, 0.2) is 0 Å². The summed E-state index contributed by atoms with van der Waals surface area (Å²) in [7, 11) is 1.59. The Morgan fingerprint density at radius 2 is 2.10 bits per heavy atom. The van der Waals surface area contributed by atoms with Gasteiger partial charge in [-0.3, -0.25) is 0 Å². The van der Waals surface area contributed by atoms with E-state index in [1.807, 2.05) is 41.1 Å². The van der Waals surface area contributed by atoms with Crippen LogP contribution in [0.1, 0.15) is 11.8 Å². The molecule has 5 rings (SSSR count). The number of hydrogen-bond donors (Lipinski definition) is 2. The molecule has 1 aromatic carbocycles. The average molecular weight is 423 g/mol. The van der Waals surface area contributed by atoms with Gasteiger partial charge in [0, 0.05) is 22.9 Å². The summed E-state index contributed by atoms with van der Waals surface area (Å²) < 4.78 is 13.3. The SMILES string of the molecule is COc1ncnc2c1ccn2[C@@H]1S[C@H](COc2ccc3ccc(N)nc3c2)C[C@H]1O. The van der Waals surface area contributed by atoms with Gasteiger partial charge in [-0.1, -0.05) is 0 Å². The highest BCUT2D eigenvalue weighted by Gasteiger charge is 2.36. The Labute approximate surface area is 177 Å². The first-order chi connectivity index (χ1) is 14.6. The van der Waals surface area contributed by atoms with Crippen molar-refractivity contribution in [2.45, 2.75) is 23.1 Å². The summed E-state index contributed by atoms with van der Waals surface area (Å²) in [5.74, 6) is 1.75. The maximum Gasteiger partial charge on any atom is 0.225 e. The Bertz CT molecular complexity index is 1210. The fourth-order valence-electron chi connectivity index (χ4n) is 3.79. The maximum absolute atomic E-state index is 10.7. The molecule has 0 amide bonds. The van der Waals surface area contributed by atoms with Crippen molar-refractivity contribution in [1.29, 1.82) is 0 Å². The smallest absolute Gasteiger partial charge is 0.225 e. The summed E-state index contributed by atoms with van der Waals surface area (Å²) in [4.78, 5) is 12.9. The topological polar surface area (TPSA) is 108 Å². The molecule has 0 radical (unpaired) electrons. The second-order valence-corrected chi connectivity index (χ2v) is 8.62. The molecule has 3 atom stereocenters. The van der Waals surface area contributed by atoms with E-state index < -0.39 is 6.10 Å². The summed E-state index contributed by atoms with van der Waals surface area (Å²) in [6, 6.07) is 11.4. The molecule has 0 spiro atoms. The quantitative estimate of drug-likeness (QED) is 0.504. The Morgan fingerprint density at radius 3 is 2.97 bits per heavy atom. The van der Waals surface area contributed by atoms with Crippen LogP contribution in [0, 0.1) is 0 Å². The molecule has 30 heavy (non-hydrogen) atoms. The first-order valence-electron chi connectivity index (χ1n) is 9.60. The highest BCUT2D eigenvalue weighted by molar-refractivity contribution is 8.00. The maximum atomic E-state index is 10.7. The van der Waals surface area contributed by atoms with Gasteiger partial charge in [-0.2, -0.15) is 0 Å². The number of aromatic nitrogens is 4. The lowest BCUT2D eigenvalue weighted by Gasteiger charge is -2.17. The molecule has 154 valence electrons. The lowest BCUT2D eigenvalue weighted by atomic mass is 10.2. The number of aliphatic hydroxyl groups excluding tert-OH is 1. The highest BCUT2D eigenvalue weighted by Crippen LogP contribution is 2.43. The third kappa shape index (κ3) is 3.40. The van der Waals surface area contributed by atoms with Crippen LogP contribution in [0.3, 0.4) is 0 Å². The van der Waals surface area contributed by atoms with Crippen LogP contribution in [0.4, 0.5) is 5.82 Å². The molecule has 0 bridgehead atoms. The number of methoxy groups -OCH3 is 1. The van der Waals surface area contributed by atoms with E-state index in [2.05, 4.69) is 15.0 Å². The van der Waals surface area contributed by atoms with E-state index >= 15 is 0 Å². The number of pyridine rings is 1. The molecule has 0 aliphatic carbocycles. The Kier molecular flexibility index (Phi) is 4.84. The summed E-state index contributed by atoms with van der Waals surface area (Å²) >= 11 is 1.68. The summed E-state index contributed by atoms with van der Waals surface area (Å²) in [5.41, 5.74) is 7.33. The van der Waals surface area contributed by atoms with Crippen LogP contribution in [0.5, 0.6) is 11.6 Å². The van der Waals surface area contributed by atoms with Gasteiger partial charge in [-0.15, -0.1) is 11.8 Å². The number of rotatable bonds is 5. The monoisotopic (exact) mass is 423 g/mol. The van der Waals surface area contributed by atoms with Crippen LogP contribution < -0.4 is 15.2 Å². The van der Waals surface area contributed by atoms with Crippen molar-refractivity contribution in [2.24, 2.45) is 0 Å². The van der Waals surface area contributed by atoms with Crippen molar-refractivity contribution in [1.82, 2.24) is 19.5 Å². The second-order valence-electron chi connectivity index (χ2n) is 7.20. The van der Waals surface area contributed by atoms with Gasteiger partial charge in [0.25, 0.3) is 0 Å². The highest BCUT2D eigenvalue weighted by atomic mass is 32.2. The molecular weight excluding hydrogens is 402 g/mol. The molecule has 0 unspecified atom stereocenters. The Balaban J connectivity index is 1.30. The molecule has 9 heteroatoms. The van der Waals surface area contributed by atoms with E-state index in [0.717, 1.165) is 27.7 Å². The lowest BCUT2D eigenvalue weighted by Crippen LogP contribution is -2.17. The molecule has 3 aromatic heterocycles. The van der Waals surface area contributed by atoms with E-state index in [4.69, 9.17) is 15.2 Å². The van der Waals surface area contributed by atoms with Gasteiger partial charge in [-0.05, 0) is 36.8 Å². The normalized spacial score (nSPS) is 21.3. The van der Waals surface area contributed by atoms with Gasteiger partial charge in [0.2, 0.25) is 5.88 Å².